The number of hydrogen-bond donors (Lipinski definition) is 2. The van der Waals surface area contributed by atoms with Crippen LogP contribution < -0.4 is 15.4 Å². The molecular weight excluding hydrogens is 326 g/mol. The molecule has 0 saturated heterocycles. The Morgan fingerprint density at radius 3 is 2.69 bits per heavy atom. The summed E-state index contributed by atoms with van der Waals surface area (Å²) in [6.07, 6.45) is 2.52. The fourth-order valence-corrected chi connectivity index (χ4v) is 2.79. The first-order valence-electron chi connectivity index (χ1n) is 8.57. The minimum absolute atomic E-state index is 0.450. The third kappa shape index (κ3) is 3.91. The first kappa shape index (κ1) is 17.7. The van der Waals surface area contributed by atoms with Crippen LogP contribution in [0, 0.1) is 13.8 Å². The van der Waals surface area contributed by atoms with Gasteiger partial charge in [-0.2, -0.15) is 10.1 Å². The molecular formula is C20H23N5O. The predicted octanol–water partition coefficient (Wildman–Crippen LogP) is 4.55. The Labute approximate surface area is 153 Å². The Bertz CT molecular complexity index is 910. The van der Waals surface area contributed by atoms with Crippen LogP contribution in [-0.4, -0.2) is 22.3 Å². The predicted molar refractivity (Wildman–Crippen MR) is 105 cm³/mol. The molecule has 0 bridgehead atoms. The van der Waals surface area contributed by atoms with Gasteiger partial charge in [-0.15, -0.1) is 5.10 Å². The number of nitrogens with zero attached hydrogens (tertiary/aromatic N) is 3. The quantitative estimate of drug-likeness (QED) is 0.680. The molecule has 3 rings (SSSR count). The second-order valence-corrected chi connectivity index (χ2v) is 6.08. The second-order valence-electron chi connectivity index (χ2n) is 6.08. The average Bonchev–Trinajstić information content (AvgIpc) is 2.64. The van der Waals surface area contributed by atoms with E-state index in [9.17, 15) is 0 Å². The van der Waals surface area contributed by atoms with Crippen LogP contribution in [0.3, 0.4) is 0 Å². The molecule has 134 valence electrons. The van der Waals surface area contributed by atoms with Crippen molar-refractivity contribution < 1.29 is 4.74 Å². The maximum Gasteiger partial charge on any atom is 0.249 e. The Morgan fingerprint density at radius 1 is 1.08 bits per heavy atom. The molecule has 1 aromatic heterocycles. The van der Waals surface area contributed by atoms with E-state index >= 15 is 0 Å². The van der Waals surface area contributed by atoms with Gasteiger partial charge in [-0.25, -0.2) is 0 Å². The molecule has 2 N–H and O–H groups in total. The lowest BCUT2D eigenvalue weighted by atomic mass is 10.1. The van der Waals surface area contributed by atoms with E-state index in [2.05, 4.69) is 57.9 Å². The van der Waals surface area contributed by atoms with Crippen LogP contribution >= 0.6 is 0 Å². The Balaban J connectivity index is 1.87. The molecule has 0 aliphatic rings. The molecule has 3 aromatic rings. The van der Waals surface area contributed by atoms with Gasteiger partial charge in [0.05, 0.1) is 19.0 Å². The van der Waals surface area contributed by atoms with Crippen molar-refractivity contribution in [3.05, 3.63) is 59.3 Å². The summed E-state index contributed by atoms with van der Waals surface area (Å²) in [5.41, 5.74) is 5.35. The van der Waals surface area contributed by atoms with Crippen LogP contribution in [0.25, 0.3) is 0 Å². The van der Waals surface area contributed by atoms with Gasteiger partial charge in [0.1, 0.15) is 5.75 Å². The summed E-state index contributed by atoms with van der Waals surface area (Å²) in [5, 5.41) is 14.7. The van der Waals surface area contributed by atoms with E-state index in [1.165, 1.54) is 5.56 Å². The summed E-state index contributed by atoms with van der Waals surface area (Å²) in [6, 6.07) is 12.1. The fourth-order valence-electron chi connectivity index (χ4n) is 2.79. The average molecular weight is 349 g/mol. The molecule has 0 aliphatic carbocycles. The molecule has 6 nitrogen and oxygen atoms in total. The van der Waals surface area contributed by atoms with Crippen molar-refractivity contribution in [1.29, 1.82) is 0 Å². The number of para-hydroxylation sites is 1. The molecule has 1 heterocycles. The third-order valence-corrected chi connectivity index (χ3v) is 4.15. The molecule has 26 heavy (non-hydrogen) atoms. The van der Waals surface area contributed by atoms with E-state index in [1.807, 2.05) is 25.1 Å². The van der Waals surface area contributed by atoms with Gasteiger partial charge in [0.2, 0.25) is 5.95 Å². The molecule has 0 aliphatic heterocycles. The Kier molecular flexibility index (Phi) is 5.31. The zero-order valence-corrected chi connectivity index (χ0v) is 15.5. The SMILES string of the molecule is CCc1cccc(C)c1Nc1nncc(Nc2cc(C)ccc2OC)n1. The lowest BCUT2D eigenvalue weighted by molar-refractivity contribution is 0.416. The standard InChI is InChI=1S/C20H23N5O/c1-5-15-8-6-7-14(3)19(15)24-20-23-18(12-21-25-20)22-16-11-13(2)9-10-17(16)26-4/h6-12H,5H2,1-4H3,(H2,22,23,24,25). The van der Waals surface area contributed by atoms with Crippen LogP contribution in [0.4, 0.5) is 23.1 Å². The smallest absolute Gasteiger partial charge is 0.249 e. The molecule has 0 atom stereocenters. The molecule has 6 heteroatoms. The summed E-state index contributed by atoms with van der Waals surface area (Å²) >= 11 is 0. The van der Waals surface area contributed by atoms with Gasteiger partial charge >= 0.3 is 0 Å². The monoisotopic (exact) mass is 349 g/mol. The van der Waals surface area contributed by atoms with Gasteiger partial charge in [-0.3, -0.25) is 0 Å². The summed E-state index contributed by atoms with van der Waals surface area (Å²) in [6.45, 7) is 6.22. The van der Waals surface area contributed by atoms with Crippen molar-refractivity contribution in [1.82, 2.24) is 15.2 Å². The Morgan fingerprint density at radius 2 is 1.92 bits per heavy atom. The fraction of sp³-hybridized carbons (Fsp3) is 0.250. The maximum absolute atomic E-state index is 5.40. The number of aryl methyl sites for hydroxylation is 3. The van der Waals surface area contributed by atoms with E-state index < -0.39 is 0 Å². The highest BCUT2D eigenvalue weighted by atomic mass is 16.5. The van der Waals surface area contributed by atoms with E-state index in [1.54, 1.807) is 13.3 Å². The zero-order chi connectivity index (χ0) is 18.5. The van der Waals surface area contributed by atoms with Crippen LogP contribution in [0.15, 0.2) is 42.6 Å². The molecule has 0 amide bonds. The maximum atomic E-state index is 5.40. The summed E-state index contributed by atoms with van der Waals surface area (Å²) in [7, 11) is 1.64. The first-order chi connectivity index (χ1) is 12.6. The lowest BCUT2D eigenvalue weighted by Crippen LogP contribution is -2.05. The van der Waals surface area contributed by atoms with E-state index in [0.29, 0.717) is 11.8 Å². The Hall–Kier alpha value is -3.15. The van der Waals surface area contributed by atoms with Gasteiger partial charge in [-0.1, -0.05) is 31.2 Å². The third-order valence-electron chi connectivity index (χ3n) is 4.15. The highest BCUT2D eigenvalue weighted by Crippen LogP contribution is 2.28. The molecule has 0 unspecified atom stereocenters. The molecule has 0 saturated carbocycles. The van der Waals surface area contributed by atoms with Gasteiger partial charge in [-0.05, 0) is 49.1 Å². The number of aromatic nitrogens is 3. The minimum Gasteiger partial charge on any atom is -0.495 e. The van der Waals surface area contributed by atoms with Crippen molar-refractivity contribution in [2.75, 3.05) is 17.7 Å². The van der Waals surface area contributed by atoms with Crippen molar-refractivity contribution in [3.8, 4) is 5.75 Å². The largest absolute Gasteiger partial charge is 0.495 e. The molecule has 0 fully saturated rings. The number of nitrogens with one attached hydrogen (secondary N) is 2. The summed E-state index contributed by atoms with van der Waals surface area (Å²) in [5.74, 6) is 1.79. The topological polar surface area (TPSA) is 72.0 Å². The number of rotatable bonds is 6. The van der Waals surface area contributed by atoms with Crippen molar-refractivity contribution in [2.45, 2.75) is 27.2 Å². The highest BCUT2D eigenvalue weighted by molar-refractivity contribution is 5.67. The molecule has 2 aromatic carbocycles. The summed E-state index contributed by atoms with van der Waals surface area (Å²) in [4.78, 5) is 4.53. The van der Waals surface area contributed by atoms with E-state index in [0.717, 1.165) is 34.7 Å². The first-order valence-corrected chi connectivity index (χ1v) is 8.57. The van der Waals surface area contributed by atoms with Crippen LogP contribution in [0.5, 0.6) is 5.75 Å². The van der Waals surface area contributed by atoms with Crippen molar-refractivity contribution in [3.63, 3.8) is 0 Å². The van der Waals surface area contributed by atoms with Crippen LogP contribution in [0.2, 0.25) is 0 Å². The lowest BCUT2D eigenvalue weighted by Gasteiger charge is -2.14. The molecule has 0 radical (unpaired) electrons. The normalized spacial score (nSPS) is 10.5. The number of hydrogen-bond acceptors (Lipinski definition) is 6. The van der Waals surface area contributed by atoms with Crippen LogP contribution in [-0.2, 0) is 6.42 Å². The molecule has 0 spiro atoms. The van der Waals surface area contributed by atoms with Crippen molar-refractivity contribution >= 4 is 23.1 Å². The number of methoxy groups -OCH3 is 1. The van der Waals surface area contributed by atoms with Crippen molar-refractivity contribution in [2.24, 2.45) is 0 Å². The van der Waals surface area contributed by atoms with Gasteiger partial charge in [0.25, 0.3) is 0 Å². The number of anilines is 4. The summed E-state index contributed by atoms with van der Waals surface area (Å²) < 4.78 is 5.40. The minimum atomic E-state index is 0.450. The number of benzene rings is 2. The zero-order valence-electron chi connectivity index (χ0n) is 15.5. The highest BCUT2D eigenvalue weighted by Gasteiger charge is 2.09. The van der Waals surface area contributed by atoms with Crippen LogP contribution in [0.1, 0.15) is 23.6 Å². The van der Waals surface area contributed by atoms with E-state index in [4.69, 9.17) is 4.74 Å². The van der Waals surface area contributed by atoms with E-state index in [-0.39, 0.29) is 0 Å². The van der Waals surface area contributed by atoms with Gasteiger partial charge in [0, 0.05) is 5.69 Å². The number of ether oxygens (including phenoxy) is 1. The van der Waals surface area contributed by atoms with Gasteiger partial charge in [0.15, 0.2) is 5.82 Å². The van der Waals surface area contributed by atoms with Gasteiger partial charge < -0.3 is 15.4 Å². The second kappa shape index (κ2) is 7.82.